The van der Waals surface area contributed by atoms with Gasteiger partial charge in [0, 0.05) is 25.6 Å². The van der Waals surface area contributed by atoms with Crippen LogP contribution < -0.4 is 0 Å². The first-order valence-electron chi connectivity index (χ1n) is 8.29. The summed E-state index contributed by atoms with van der Waals surface area (Å²) in [5, 5.41) is 8.90. The van der Waals surface area contributed by atoms with E-state index in [1.54, 1.807) is 4.90 Å². The van der Waals surface area contributed by atoms with E-state index in [0.29, 0.717) is 24.9 Å². The molecule has 0 aromatic rings. The number of nitrogens with zero attached hydrogens (tertiary/aromatic N) is 1. The predicted octanol–water partition coefficient (Wildman–Crippen LogP) is 1.90. The van der Waals surface area contributed by atoms with E-state index in [0.717, 1.165) is 19.4 Å². The fourth-order valence-electron chi connectivity index (χ4n) is 4.13. The van der Waals surface area contributed by atoms with E-state index in [4.69, 9.17) is 9.84 Å². The zero-order valence-corrected chi connectivity index (χ0v) is 12.5. The van der Waals surface area contributed by atoms with Gasteiger partial charge < -0.3 is 14.7 Å². The number of carboxylic acid groups (broad SMARTS) is 1. The molecule has 3 rings (SSSR count). The third-order valence-electron chi connectivity index (χ3n) is 5.30. The van der Waals surface area contributed by atoms with Gasteiger partial charge in [-0.15, -0.1) is 0 Å². The van der Waals surface area contributed by atoms with Crippen molar-refractivity contribution >= 4 is 11.9 Å². The van der Waals surface area contributed by atoms with Gasteiger partial charge in [-0.1, -0.05) is 12.8 Å². The smallest absolute Gasteiger partial charge is 0.305 e. The Hall–Kier alpha value is -1.10. The van der Waals surface area contributed by atoms with Crippen molar-refractivity contribution in [2.75, 3.05) is 19.7 Å². The highest BCUT2D eigenvalue weighted by Gasteiger charge is 2.55. The lowest BCUT2D eigenvalue weighted by molar-refractivity contribution is -0.139. The van der Waals surface area contributed by atoms with E-state index in [9.17, 15) is 9.59 Å². The fourth-order valence-corrected chi connectivity index (χ4v) is 4.13. The summed E-state index contributed by atoms with van der Waals surface area (Å²) in [5.74, 6) is 0.658. The van der Waals surface area contributed by atoms with Gasteiger partial charge in [-0.05, 0) is 37.5 Å². The molecule has 2 aliphatic carbocycles. The molecule has 0 aromatic heterocycles. The summed E-state index contributed by atoms with van der Waals surface area (Å²) in [4.78, 5) is 25.4. The molecule has 3 unspecified atom stereocenters. The molecule has 0 spiro atoms. The zero-order chi connectivity index (χ0) is 14.8. The maximum absolute atomic E-state index is 12.7. The van der Waals surface area contributed by atoms with Crippen LogP contribution in [0.5, 0.6) is 0 Å². The average Bonchev–Trinajstić information content (AvgIpc) is 2.97. The highest BCUT2D eigenvalue weighted by Crippen LogP contribution is 2.56. The van der Waals surface area contributed by atoms with E-state index in [-0.39, 0.29) is 24.3 Å². The Balaban J connectivity index is 1.59. The van der Waals surface area contributed by atoms with Gasteiger partial charge in [-0.2, -0.15) is 0 Å². The van der Waals surface area contributed by atoms with Crippen molar-refractivity contribution in [3.05, 3.63) is 0 Å². The molecule has 0 aromatic carbocycles. The Morgan fingerprint density at radius 1 is 1.10 bits per heavy atom. The minimum atomic E-state index is -0.839. The van der Waals surface area contributed by atoms with Crippen molar-refractivity contribution in [1.82, 2.24) is 4.90 Å². The van der Waals surface area contributed by atoms with Gasteiger partial charge in [-0.3, -0.25) is 9.59 Å². The lowest BCUT2D eigenvalue weighted by Crippen LogP contribution is -2.40. The average molecular weight is 295 g/mol. The number of fused-ring (bicyclic) bond motifs is 1. The van der Waals surface area contributed by atoms with E-state index in [2.05, 4.69) is 0 Å². The Labute approximate surface area is 125 Å². The molecule has 21 heavy (non-hydrogen) atoms. The molecule has 0 radical (unpaired) electrons. The molecule has 118 valence electrons. The van der Waals surface area contributed by atoms with Crippen LogP contribution in [0.15, 0.2) is 0 Å². The first-order valence-corrected chi connectivity index (χ1v) is 8.29. The Bertz CT molecular complexity index is 393. The number of aliphatic carboxylic acids is 1. The van der Waals surface area contributed by atoms with Crippen LogP contribution in [-0.2, 0) is 14.3 Å². The van der Waals surface area contributed by atoms with Crippen molar-refractivity contribution in [3.63, 3.8) is 0 Å². The number of rotatable bonds is 6. The zero-order valence-electron chi connectivity index (χ0n) is 12.5. The topological polar surface area (TPSA) is 66.8 Å². The fraction of sp³-hybridized carbons (Fsp3) is 0.875. The maximum atomic E-state index is 12.7. The summed E-state index contributed by atoms with van der Waals surface area (Å²) in [5.41, 5.74) is 0. The summed E-state index contributed by atoms with van der Waals surface area (Å²) in [7, 11) is 0. The summed E-state index contributed by atoms with van der Waals surface area (Å²) < 4.78 is 5.62. The molecule has 1 heterocycles. The van der Waals surface area contributed by atoms with E-state index in [1.165, 1.54) is 25.7 Å². The van der Waals surface area contributed by atoms with E-state index < -0.39 is 5.97 Å². The van der Waals surface area contributed by atoms with Crippen molar-refractivity contribution in [1.29, 1.82) is 0 Å². The van der Waals surface area contributed by atoms with Gasteiger partial charge in [0.1, 0.15) is 0 Å². The normalized spacial score (nSPS) is 34.3. The van der Waals surface area contributed by atoms with Gasteiger partial charge in [0.15, 0.2) is 0 Å². The SMILES string of the molecule is O=C(O)CCN(CC1CCCO1)C(=O)C1C2CCCCC21. The van der Waals surface area contributed by atoms with Crippen molar-refractivity contribution in [3.8, 4) is 0 Å². The van der Waals surface area contributed by atoms with Gasteiger partial charge in [0.2, 0.25) is 5.91 Å². The molecule has 3 aliphatic rings. The molecule has 1 amide bonds. The second kappa shape index (κ2) is 6.34. The number of hydrogen-bond acceptors (Lipinski definition) is 3. The van der Waals surface area contributed by atoms with Gasteiger partial charge >= 0.3 is 5.97 Å². The number of carbonyl (C=O) groups excluding carboxylic acids is 1. The van der Waals surface area contributed by atoms with Crippen LogP contribution in [0.25, 0.3) is 0 Å². The summed E-state index contributed by atoms with van der Waals surface area (Å²) in [6.45, 7) is 1.66. The standard InChI is InChI=1S/C16H25NO4/c18-14(19)7-8-17(10-11-4-3-9-21-11)16(20)15-12-5-1-2-6-13(12)15/h11-13,15H,1-10H2,(H,18,19). The van der Waals surface area contributed by atoms with Crippen LogP contribution in [0, 0.1) is 17.8 Å². The number of hydrogen-bond donors (Lipinski definition) is 1. The molecular weight excluding hydrogens is 270 g/mol. The molecule has 1 aliphatic heterocycles. The summed E-state index contributed by atoms with van der Waals surface area (Å²) in [6, 6.07) is 0. The molecule has 1 N–H and O–H groups in total. The minimum Gasteiger partial charge on any atom is -0.481 e. The first-order chi connectivity index (χ1) is 10.2. The monoisotopic (exact) mass is 295 g/mol. The van der Waals surface area contributed by atoms with Gasteiger partial charge in [0.05, 0.1) is 12.5 Å². The van der Waals surface area contributed by atoms with E-state index >= 15 is 0 Å². The number of amides is 1. The lowest BCUT2D eigenvalue weighted by Gasteiger charge is -2.25. The van der Waals surface area contributed by atoms with Crippen LogP contribution in [-0.4, -0.2) is 47.7 Å². The van der Waals surface area contributed by atoms with Crippen LogP contribution in [0.2, 0.25) is 0 Å². The molecule has 1 saturated heterocycles. The second-order valence-electron chi connectivity index (χ2n) is 6.70. The van der Waals surface area contributed by atoms with Gasteiger partial charge in [-0.25, -0.2) is 0 Å². The van der Waals surface area contributed by atoms with Crippen molar-refractivity contribution in [2.24, 2.45) is 17.8 Å². The van der Waals surface area contributed by atoms with Crippen LogP contribution >= 0.6 is 0 Å². The molecule has 0 bridgehead atoms. The second-order valence-corrected chi connectivity index (χ2v) is 6.70. The maximum Gasteiger partial charge on any atom is 0.305 e. The quantitative estimate of drug-likeness (QED) is 0.813. The Morgan fingerprint density at radius 2 is 1.81 bits per heavy atom. The summed E-state index contributed by atoms with van der Waals surface area (Å²) >= 11 is 0. The third-order valence-corrected chi connectivity index (χ3v) is 5.30. The largest absolute Gasteiger partial charge is 0.481 e. The molecule has 2 saturated carbocycles. The number of carbonyl (C=O) groups is 2. The predicted molar refractivity (Wildman–Crippen MR) is 76.7 cm³/mol. The molecule has 5 heteroatoms. The molecule has 3 atom stereocenters. The van der Waals surface area contributed by atoms with Gasteiger partial charge in [0.25, 0.3) is 0 Å². The van der Waals surface area contributed by atoms with Crippen LogP contribution in [0.3, 0.4) is 0 Å². The van der Waals surface area contributed by atoms with Crippen LogP contribution in [0.1, 0.15) is 44.9 Å². The lowest BCUT2D eigenvalue weighted by atomic mass is 10.0. The molecule has 3 fully saturated rings. The number of ether oxygens (including phenoxy) is 1. The number of carboxylic acids is 1. The highest BCUT2D eigenvalue weighted by molar-refractivity contribution is 5.83. The highest BCUT2D eigenvalue weighted by atomic mass is 16.5. The minimum absolute atomic E-state index is 0.0283. The third kappa shape index (κ3) is 3.39. The Morgan fingerprint density at radius 3 is 2.38 bits per heavy atom. The van der Waals surface area contributed by atoms with E-state index in [1.807, 2.05) is 0 Å². The molecular formula is C16H25NO4. The van der Waals surface area contributed by atoms with Crippen molar-refractivity contribution < 1.29 is 19.4 Å². The first kappa shape index (κ1) is 14.8. The van der Waals surface area contributed by atoms with Crippen molar-refractivity contribution in [2.45, 2.75) is 51.0 Å². The molecule has 5 nitrogen and oxygen atoms in total. The summed E-state index contributed by atoms with van der Waals surface area (Å²) in [6.07, 6.45) is 6.98. The Kier molecular flexibility index (Phi) is 4.48. The van der Waals surface area contributed by atoms with Crippen LogP contribution in [0.4, 0.5) is 0 Å².